The highest BCUT2D eigenvalue weighted by molar-refractivity contribution is 5.79. The van der Waals surface area contributed by atoms with E-state index in [2.05, 4.69) is 39.9 Å². The van der Waals surface area contributed by atoms with Crippen molar-refractivity contribution in [3.63, 3.8) is 0 Å². The molecule has 0 aliphatic heterocycles. The average molecular weight is 426 g/mol. The van der Waals surface area contributed by atoms with Gasteiger partial charge >= 0.3 is 12.1 Å². The molecule has 3 N–H and O–H groups in total. The average Bonchev–Trinajstić information content (AvgIpc) is 3.08. The predicted molar refractivity (Wildman–Crippen MR) is 113 cm³/mol. The molecule has 0 aromatic heterocycles. The summed E-state index contributed by atoms with van der Waals surface area (Å²) in [6.45, 7) is 1.51. The number of rotatable bonds is 10. The molecular formula is C23H26N2O6. The molecule has 8 heteroatoms. The first kappa shape index (κ1) is 22.3. The number of carbonyl (C=O) groups is 3. The molecule has 2 aromatic carbocycles. The van der Waals surface area contributed by atoms with E-state index in [9.17, 15) is 14.4 Å². The minimum atomic E-state index is -1.18. The maximum Gasteiger partial charge on any atom is 0.407 e. The molecule has 1 unspecified atom stereocenters. The normalized spacial score (nSPS) is 13.1. The lowest BCUT2D eigenvalue weighted by atomic mass is 9.98. The number of hydrogen-bond donors (Lipinski definition) is 3. The molecule has 3 rings (SSSR count). The van der Waals surface area contributed by atoms with E-state index in [4.69, 9.17) is 9.84 Å². The van der Waals surface area contributed by atoms with Crippen molar-refractivity contribution in [3.8, 4) is 11.1 Å². The predicted octanol–water partition coefficient (Wildman–Crippen LogP) is 3.22. The van der Waals surface area contributed by atoms with Crippen LogP contribution in [0.2, 0.25) is 0 Å². The van der Waals surface area contributed by atoms with Crippen LogP contribution in [0.25, 0.3) is 11.1 Å². The van der Waals surface area contributed by atoms with Crippen LogP contribution in [0.5, 0.6) is 0 Å². The molecular weight excluding hydrogens is 400 g/mol. The molecule has 0 spiro atoms. The number of carboxylic acids is 1. The largest absolute Gasteiger partial charge is 0.479 e. The number of amides is 2. The lowest BCUT2D eigenvalue weighted by Crippen LogP contribution is -2.36. The Balaban J connectivity index is 1.49. The molecule has 164 valence electrons. The van der Waals surface area contributed by atoms with Crippen LogP contribution in [0.15, 0.2) is 48.5 Å². The second-order valence-corrected chi connectivity index (χ2v) is 7.32. The van der Waals surface area contributed by atoms with Gasteiger partial charge in [0.25, 0.3) is 0 Å². The van der Waals surface area contributed by atoms with Gasteiger partial charge in [-0.05, 0) is 35.1 Å². The van der Waals surface area contributed by atoms with E-state index < -0.39 is 24.6 Å². The van der Waals surface area contributed by atoms with Gasteiger partial charge in [-0.1, -0.05) is 55.5 Å². The zero-order valence-corrected chi connectivity index (χ0v) is 17.3. The van der Waals surface area contributed by atoms with E-state index >= 15 is 0 Å². The van der Waals surface area contributed by atoms with Crippen molar-refractivity contribution < 1.29 is 29.1 Å². The third-order valence-corrected chi connectivity index (χ3v) is 5.26. The first-order chi connectivity index (χ1) is 15.0. The van der Waals surface area contributed by atoms with Gasteiger partial charge in [0, 0.05) is 18.4 Å². The van der Waals surface area contributed by atoms with E-state index in [0.29, 0.717) is 12.8 Å². The number of carbonyl (C=O) groups excluding carboxylic acids is 2. The molecule has 0 radical (unpaired) electrons. The highest BCUT2D eigenvalue weighted by Crippen LogP contribution is 2.44. The Morgan fingerprint density at radius 1 is 1.03 bits per heavy atom. The Morgan fingerprint density at radius 3 is 2.23 bits per heavy atom. The Labute approximate surface area is 180 Å². The summed E-state index contributed by atoms with van der Waals surface area (Å²) in [4.78, 5) is 39.0. The summed E-state index contributed by atoms with van der Waals surface area (Å²) in [6, 6.07) is 16.0. The highest BCUT2D eigenvalue weighted by Gasteiger charge is 2.29. The zero-order valence-electron chi connectivity index (χ0n) is 17.3. The minimum absolute atomic E-state index is 0.0182. The fourth-order valence-corrected chi connectivity index (χ4v) is 3.72. The van der Waals surface area contributed by atoms with Crippen molar-refractivity contribution in [2.75, 3.05) is 13.2 Å². The van der Waals surface area contributed by atoms with Crippen LogP contribution in [-0.4, -0.2) is 42.3 Å². The standard InChI is InChI=1S/C23H26N2O6/c1-2-15(11-12-21(26)25-31-14-22(27)28)24-23(29)30-13-20-18-9-5-3-7-16(18)17-8-4-6-10-19(17)20/h3-10,15,20H,2,11-14H2,1H3,(H,24,29)(H,25,26)(H,27,28). The summed E-state index contributed by atoms with van der Waals surface area (Å²) >= 11 is 0. The van der Waals surface area contributed by atoms with Crippen molar-refractivity contribution in [1.82, 2.24) is 10.8 Å². The summed E-state index contributed by atoms with van der Waals surface area (Å²) in [5.74, 6) is -1.65. The number of fused-ring (bicyclic) bond motifs is 3. The van der Waals surface area contributed by atoms with E-state index in [0.717, 1.165) is 22.3 Å². The van der Waals surface area contributed by atoms with E-state index in [1.165, 1.54) is 0 Å². The Kier molecular flexibility index (Phi) is 7.61. The van der Waals surface area contributed by atoms with Crippen molar-refractivity contribution in [3.05, 3.63) is 59.7 Å². The lowest BCUT2D eigenvalue weighted by molar-refractivity contribution is -0.149. The highest BCUT2D eigenvalue weighted by atomic mass is 16.7. The van der Waals surface area contributed by atoms with E-state index in [1.54, 1.807) is 0 Å². The van der Waals surface area contributed by atoms with Crippen LogP contribution in [0.4, 0.5) is 4.79 Å². The summed E-state index contributed by atoms with van der Waals surface area (Å²) in [6.07, 6.45) is 0.550. The number of benzene rings is 2. The molecule has 0 saturated heterocycles. The third kappa shape index (κ3) is 5.82. The van der Waals surface area contributed by atoms with Crippen molar-refractivity contribution in [2.45, 2.75) is 38.1 Å². The summed E-state index contributed by atoms with van der Waals surface area (Å²) in [5, 5.41) is 11.3. The topological polar surface area (TPSA) is 114 Å². The van der Waals surface area contributed by atoms with Crippen LogP contribution >= 0.6 is 0 Å². The Hall–Kier alpha value is -3.39. The van der Waals surface area contributed by atoms with Gasteiger partial charge in [-0.3, -0.25) is 9.63 Å². The van der Waals surface area contributed by atoms with Gasteiger partial charge in [0.15, 0.2) is 6.61 Å². The molecule has 2 amide bonds. The molecule has 0 heterocycles. The van der Waals surface area contributed by atoms with Crippen LogP contribution in [0.1, 0.15) is 43.2 Å². The molecule has 31 heavy (non-hydrogen) atoms. The maximum atomic E-state index is 12.4. The van der Waals surface area contributed by atoms with Crippen molar-refractivity contribution in [1.29, 1.82) is 0 Å². The number of hydroxylamine groups is 1. The first-order valence-corrected chi connectivity index (χ1v) is 10.2. The molecule has 8 nitrogen and oxygen atoms in total. The van der Waals surface area contributed by atoms with Gasteiger partial charge in [-0.15, -0.1) is 0 Å². The SMILES string of the molecule is CCC(CCC(=O)NOCC(=O)O)NC(=O)OCC1c2ccccc2-c2ccccc21. The Morgan fingerprint density at radius 2 is 1.65 bits per heavy atom. The van der Waals surface area contributed by atoms with Crippen LogP contribution in [0.3, 0.4) is 0 Å². The van der Waals surface area contributed by atoms with Crippen LogP contribution in [0, 0.1) is 0 Å². The van der Waals surface area contributed by atoms with Gasteiger partial charge in [0.1, 0.15) is 6.61 Å². The summed E-state index contributed by atoms with van der Waals surface area (Å²) < 4.78 is 5.53. The fourth-order valence-electron chi connectivity index (χ4n) is 3.72. The van der Waals surface area contributed by atoms with Gasteiger partial charge in [0.05, 0.1) is 0 Å². The molecule has 1 aliphatic rings. The van der Waals surface area contributed by atoms with Crippen molar-refractivity contribution in [2.24, 2.45) is 0 Å². The van der Waals surface area contributed by atoms with Crippen LogP contribution in [-0.2, 0) is 19.2 Å². The van der Waals surface area contributed by atoms with Gasteiger partial charge in [-0.25, -0.2) is 15.1 Å². The molecule has 1 aliphatic carbocycles. The second-order valence-electron chi connectivity index (χ2n) is 7.32. The number of hydrogen-bond acceptors (Lipinski definition) is 5. The minimum Gasteiger partial charge on any atom is -0.479 e. The van der Waals surface area contributed by atoms with E-state index in [-0.39, 0.29) is 25.0 Å². The first-order valence-electron chi connectivity index (χ1n) is 10.2. The Bertz CT molecular complexity index is 900. The lowest BCUT2D eigenvalue weighted by Gasteiger charge is -2.18. The number of alkyl carbamates (subject to hydrolysis) is 1. The number of carboxylic acid groups (broad SMARTS) is 1. The van der Waals surface area contributed by atoms with Crippen LogP contribution < -0.4 is 10.8 Å². The fraction of sp³-hybridized carbons (Fsp3) is 0.348. The monoisotopic (exact) mass is 426 g/mol. The quantitative estimate of drug-likeness (QED) is 0.503. The molecule has 0 bridgehead atoms. The second kappa shape index (κ2) is 10.6. The smallest absolute Gasteiger partial charge is 0.407 e. The summed E-state index contributed by atoms with van der Waals surface area (Å²) in [5.41, 5.74) is 6.67. The van der Waals surface area contributed by atoms with Gasteiger partial charge < -0.3 is 15.2 Å². The molecule has 0 saturated carbocycles. The zero-order chi connectivity index (χ0) is 22.2. The summed E-state index contributed by atoms with van der Waals surface area (Å²) in [7, 11) is 0. The number of nitrogens with one attached hydrogen (secondary N) is 2. The number of ether oxygens (including phenoxy) is 1. The number of aliphatic carboxylic acids is 1. The van der Waals surface area contributed by atoms with Crippen molar-refractivity contribution >= 4 is 18.0 Å². The van der Waals surface area contributed by atoms with Gasteiger partial charge in [-0.2, -0.15) is 0 Å². The van der Waals surface area contributed by atoms with Gasteiger partial charge in [0.2, 0.25) is 5.91 Å². The molecule has 2 aromatic rings. The third-order valence-electron chi connectivity index (χ3n) is 5.26. The maximum absolute atomic E-state index is 12.4. The molecule has 0 fully saturated rings. The molecule has 1 atom stereocenters. The van der Waals surface area contributed by atoms with E-state index in [1.807, 2.05) is 31.2 Å².